The number of rotatable bonds is 4. The van der Waals surface area contributed by atoms with Gasteiger partial charge >= 0.3 is 0 Å². The zero-order valence-electron chi connectivity index (χ0n) is 11.3. The number of aryl methyl sites for hydroxylation is 1. The normalized spacial score (nSPS) is 14.5. The molecule has 0 amide bonds. The molecule has 0 aliphatic carbocycles. The molecule has 3 rings (SSSR count). The number of nitrogens with one attached hydrogen (secondary N) is 1. The number of fused-ring (bicyclic) bond motifs is 1. The average Bonchev–Trinajstić information content (AvgIpc) is 3.04. The lowest BCUT2D eigenvalue weighted by Crippen LogP contribution is -2.18. The summed E-state index contributed by atoms with van der Waals surface area (Å²) in [5.74, 6) is 2.81. The summed E-state index contributed by atoms with van der Waals surface area (Å²) >= 11 is 0. The first-order valence-electron chi connectivity index (χ1n) is 6.40. The molecule has 0 bridgehead atoms. The molecular formula is C14H16N2O4. The van der Waals surface area contributed by atoms with E-state index in [0.29, 0.717) is 23.9 Å². The first-order chi connectivity index (χ1) is 9.63. The van der Waals surface area contributed by atoms with E-state index in [2.05, 4.69) is 10.3 Å². The number of hydrogen-bond donors (Lipinski definition) is 2. The number of phenolic OH excluding ortho intramolecular Hbond substituents is 1. The second kappa shape index (κ2) is 5.05. The summed E-state index contributed by atoms with van der Waals surface area (Å²) in [7, 11) is 0. The third-order valence-corrected chi connectivity index (χ3v) is 3.18. The van der Waals surface area contributed by atoms with Crippen molar-refractivity contribution in [1.82, 2.24) is 10.3 Å². The van der Waals surface area contributed by atoms with Crippen LogP contribution in [0.3, 0.4) is 0 Å². The van der Waals surface area contributed by atoms with Gasteiger partial charge in [0.2, 0.25) is 12.7 Å². The lowest BCUT2D eigenvalue weighted by atomic mass is 10.1. The van der Waals surface area contributed by atoms with Crippen molar-refractivity contribution in [3.8, 4) is 17.2 Å². The highest BCUT2D eigenvalue weighted by atomic mass is 16.7. The molecule has 0 saturated heterocycles. The molecule has 0 fully saturated rings. The van der Waals surface area contributed by atoms with Crippen molar-refractivity contribution in [3.63, 3.8) is 0 Å². The molecule has 2 aromatic rings. The number of aromatic nitrogens is 1. The highest BCUT2D eigenvalue weighted by Gasteiger charge is 2.18. The van der Waals surface area contributed by atoms with Gasteiger partial charge in [-0.15, -0.1) is 0 Å². The summed E-state index contributed by atoms with van der Waals surface area (Å²) in [5.41, 5.74) is 0.740. The van der Waals surface area contributed by atoms with Gasteiger partial charge in [0.25, 0.3) is 0 Å². The molecular weight excluding hydrogens is 260 g/mol. The number of hydrogen-bond acceptors (Lipinski definition) is 6. The Hall–Kier alpha value is -2.21. The maximum absolute atomic E-state index is 9.95. The van der Waals surface area contributed by atoms with Gasteiger partial charge in [-0.2, -0.15) is 0 Å². The predicted molar refractivity (Wildman–Crippen MR) is 70.7 cm³/mol. The molecule has 0 radical (unpaired) electrons. The van der Waals surface area contributed by atoms with Gasteiger partial charge in [0.05, 0.1) is 12.2 Å². The summed E-state index contributed by atoms with van der Waals surface area (Å²) in [5, 5.41) is 13.2. The van der Waals surface area contributed by atoms with Gasteiger partial charge in [-0.25, -0.2) is 4.98 Å². The van der Waals surface area contributed by atoms with Crippen LogP contribution < -0.4 is 14.8 Å². The molecule has 1 aromatic carbocycles. The van der Waals surface area contributed by atoms with E-state index in [9.17, 15) is 5.11 Å². The van der Waals surface area contributed by atoms with Gasteiger partial charge in [-0.1, -0.05) is 0 Å². The summed E-state index contributed by atoms with van der Waals surface area (Å²) in [6.07, 6.45) is 1.69. The lowest BCUT2D eigenvalue weighted by Gasteiger charge is -2.12. The molecule has 1 unspecified atom stereocenters. The SMILES string of the molecule is Cc1cnc(C(C)NCc2cc3c(cc2O)OCO3)o1. The minimum absolute atomic E-state index is 0.0477. The summed E-state index contributed by atoms with van der Waals surface area (Å²) < 4.78 is 16.0. The van der Waals surface area contributed by atoms with Gasteiger partial charge in [0.15, 0.2) is 11.5 Å². The van der Waals surface area contributed by atoms with Crippen LogP contribution in [0.4, 0.5) is 0 Å². The monoisotopic (exact) mass is 276 g/mol. The molecule has 1 atom stereocenters. The molecule has 1 aliphatic rings. The van der Waals surface area contributed by atoms with Crippen LogP contribution in [0.15, 0.2) is 22.7 Å². The van der Waals surface area contributed by atoms with Crippen molar-refractivity contribution in [2.45, 2.75) is 26.4 Å². The Balaban J connectivity index is 1.69. The minimum atomic E-state index is -0.0477. The Kier molecular flexibility index (Phi) is 3.23. The Morgan fingerprint density at radius 2 is 2.10 bits per heavy atom. The number of oxazole rings is 1. The lowest BCUT2D eigenvalue weighted by molar-refractivity contribution is 0.174. The van der Waals surface area contributed by atoms with Crippen molar-refractivity contribution in [3.05, 3.63) is 35.5 Å². The number of benzene rings is 1. The van der Waals surface area contributed by atoms with Gasteiger partial charge < -0.3 is 24.3 Å². The Labute approximate surface area is 116 Å². The number of nitrogens with zero attached hydrogens (tertiary/aromatic N) is 1. The van der Waals surface area contributed by atoms with Crippen LogP contribution in [0, 0.1) is 6.92 Å². The molecule has 6 heteroatoms. The largest absolute Gasteiger partial charge is 0.507 e. The zero-order valence-corrected chi connectivity index (χ0v) is 11.3. The first kappa shape index (κ1) is 12.8. The summed E-state index contributed by atoms with van der Waals surface area (Å²) in [6, 6.07) is 3.30. The number of aromatic hydroxyl groups is 1. The molecule has 1 aromatic heterocycles. The van der Waals surface area contributed by atoms with Crippen molar-refractivity contribution in [2.75, 3.05) is 6.79 Å². The third-order valence-electron chi connectivity index (χ3n) is 3.18. The molecule has 2 heterocycles. The van der Waals surface area contributed by atoms with E-state index in [4.69, 9.17) is 13.9 Å². The van der Waals surface area contributed by atoms with Crippen LogP contribution in [-0.4, -0.2) is 16.9 Å². The van der Waals surface area contributed by atoms with Gasteiger partial charge in [0, 0.05) is 18.2 Å². The van der Waals surface area contributed by atoms with Crippen LogP contribution in [0.2, 0.25) is 0 Å². The molecule has 1 aliphatic heterocycles. The van der Waals surface area contributed by atoms with E-state index >= 15 is 0 Å². The molecule has 20 heavy (non-hydrogen) atoms. The van der Waals surface area contributed by atoms with E-state index in [1.807, 2.05) is 13.8 Å². The van der Waals surface area contributed by atoms with Crippen LogP contribution in [0.25, 0.3) is 0 Å². The van der Waals surface area contributed by atoms with Crippen LogP contribution in [-0.2, 0) is 6.54 Å². The van der Waals surface area contributed by atoms with Crippen molar-refractivity contribution < 1.29 is 19.0 Å². The van der Waals surface area contributed by atoms with Crippen molar-refractivity contribution in [2.24, 2.45) is 0 Å². The standard InChI is InChI=1S/C14H16N2O4/c1-8-5-16-14(20-8)9(2)15-6-10-3-12-13(4-11(10)17)19-7-18-12/h3-5,9,15,17H,6-7H2,1-2H3. The maximum Gasteiger partial charge on any atom is 0.231 e. The van der Waals surface area contributed by atoms with Gasteiger partial charge in [0.1, 0.15) is 11.5 Å². The second-order valence-corrected chi connectivity index (χ2v) is 4.75. The second-order valence-electron chi connectivity index (χ2n) is 4.75. The molecule has 0 saturated carbocycles. The quantitative estimate of drug-likeness (QED) is 0.892. The van der Waals surface area contributed by atoms with Crippen LogP contribution in [0.1, 0.15) is 30.2 Å². The fraction of sp³-hybridized carbons (Fsp3) is 0.357. The van der Waals surface area contributed by atoms with E-state index in [-0.39, 0.29) is 18.6 Å². The predicted octanol–water partition coefficient (Wildman–Crippen LogP) is 2.27. The fourth-order valence-electron chi connectivity index (χ4n) is 2.04. The van der Waals surface area contributed by atoms with Gasteiger partial charge in [-0.3, -0.25) is 0 Å². The fourth-order valence-corrected chi connectivity index (χ4v) is 2.04. The smallest absolute Gasteiger partial charge is 0.231 e. The van der Waals surface area contributed by atoms with Gasteiger partial charge in [-0.05, 0) is 19.9 Å². The molecule has 6 nitrogen and oxygen atoms in total. The third kappa shape index (κ3) is 2.42. The van der Waals surface area contributed by atoms with Crippen LogP contribution >= 0.6 is 0 Å². The Morgan fingerprint density at radius 1 is 1.35 bits per heavy atom. The Morgan fingerprint density at radius 3 is 2.80 bits per heavy atom. The highest BCUT2D eigenvalue weighted by Crippen LogP contribution is 2.37. The molecule has 0 spiro atoms. The molecule has 2 N–H and O–H groups in total. The highest BCUT2D eigenvalue weighted by molar-refractivity contribution is 5.51. The average molecular weight is 276 g/mol. The number of ether oxygens (including phenoxy) is 2. The zero-order chi connectivity index (χ0) is 14.1. The molecule has 106 valence electrons. The van der Waals surface area contributed by atoms with Crippen molar-refractivity contribution in [1.29, 1.82) is 0 Å². The van der Waals surface area contributed by atoms with E-state index in [1.54, 1.807) is 18.3 Å². The number of phenols is 1. The Bertz CT molecular complexity index is 624. The summed E-state index contributed by atoms with van der Waals surface area (Å²) in [6.45, 7) is 4.48. The minimum Gasteiger partial charge on any atom is -0.507 e. The first-order valence-corrected chi connectivity index (χ1v) is 6.40. The van der Waals surface area contributed by atoms with Crippen LogP contribution in [0.5, 0.6) is 17.2 Å². The van der Waals surface area contributed by atoms with E-state index in [0.717, 1.165) is 11.3 Å². The maximum atomic E-state index is 9.95. The van der Waals surface area contributed by atoms with E-state index < -0.39 is 0 Å². The topological polar surface area (TPSA) is 76.8 Å². The van der Waals surface area contributed by atoms with E-state index in [1.165, 1.54) is 0 Å². The summed E-state index contributed by atoms with van der Waals surface area (Å²) in [4.78, 5) is 4.17. The van der Waals surface area contributed by atoms with Crippen molar-refractivity contribution >= 4 is 0 Å².